The van der Waals surface area contributed by atoms with Gasteiger partial charge in [0.15, 0.2) is 0 Å². The van der Waals surface area contributed by atoms with Crippen molar-refractivity contribution in [3.63, 3.8) is 0 Å². The molecule has 0 heterocycles. The Balaban J connectivity index is 1.51. The van der Waals surface area contributed by atoms with Crippen molar-refractivity contribution >= 4 is 54.3 Å². The molecule has 0 spiro atoms. The zero-order valence-electron chi connectivity index (χ0n) is 24.4. The second kappa shape index (κ2) is 17.4. The summed E-state index contributed by atoms with van der Waals surface area (Å²) in [6.45, 7) is 0.831. The van der Waals surface area contributed by atoms with Crippen LogP contribution in [-0.4, -0.2) is 36.7 Å². The van der Waals surface area contributed by atoms with Crippen molar-refractivity contribution in [2.75, 3.05) is 29.6 Å². The van der Waals surface area contributed by atoms with Crippen LogP contribution in [0.1, 0.15) is 36.8 Å². The zero-order valence-corrected chi connectivity index (χ0v) is 26.1. The monoisotopic (exact) mass is 613 g/mol. The summed E-state index contributed by atoms with van der Waals surface area (Å²) >= 11 is 8.31. The molecule has 224 valence electrons. The molecule has 4 aromatic rings. The van der Waals surface area contributed by atoms with Crippen molar-refractivity contribution in [3.8, 4) is 11.1 Å². The second-order valence-corrected chi connectivity index (χ2v) is 11.1. The largest absolute Gasteiger partial charge is 0.466 e. The Hall–Kier alpha value is -3.68. The molecule has 0 saturated carbocycles. The minimum atomic E-state index is -0.183. The minimum Gasteiger partial charge on any atom is -0.466 e. The fourth-order valence-electron chi connectivity index (χ4n) is 4.64. The number of carbonyl (C=O) groups is 2. The van der Waals surface area contributed by atoms with E-state index >= 15 is 0 Å². The van der Waals surface area contributed by atoms with Crippen LogP contribution in [0.15, 0.2) is 103 Å². The summed E-state index contributed by atoms with van der Waals surface area (Å²) in [4.78, 5) is 26.3. The van der Waals surface area contributed by atoms with E-state index in [4.69, 9.17) is 9.47 Å². The fourth-order valence-corrected chi connectivity index (χ4v) is 4.90. The highest BCUT2D eigenvalue weighted by Gasteiger charge is 2.14. The Morgan fingerprint density at radius 2 is 0.930 bits per heavy atom. The van der Waals surface area contributed by atoms with E-state index in [1.807, 2.05) is 18.2 Å². The predicted octanol–water partition coefficient (Wildman–Crippen LogP) is 8.41. The number of hydrogen-bond donors (Lipinski definition) is 2. The van der Waals surface area contributed by atoms with Gasteiger partial charge in [-0.25, -0.2) is 0 Å². The molecule has 5 nitrogen and oxygen atoms in total. The number of rotatable bonds is 16. The highest BCUT2D eigenvalue weighted by Crippen LogP contribution is 2.36. The summed E-state index contributed by atoms with van der Waals surface area (Å²) < 4.78 is 10.5. The molecule has 4 aromatic carbocycles. The van der Waals surface area contributed by atoms with E-state index in [9.17, 15) is 9.59 Å². The molecule has 0 saturated heterocycles. The molecule has 4 rings (SSSR count). The molecule has 0 fully saturated rings. The lowest BCUT2D eigenvalue weighted by molar-refractivity contribution is -0.144. The second-order valence-electron chi connectivity index (χ2n) is 10.2. The van der Waals surface area contributed by atoms with E-state index in [0.717, 1.165) is 46.6 Å². The van der Waals surface area contributed by atoms with Gasteiger partial charge in [0.25, 0.3) is 0 Å². The van der Waals surface area contributed by atoms with Gasteiger partial charge in [0.05, 0.1) is 13.2 Å². The van der Waals surface area contributed by atoms with Crippen LogP contribution in [0, 0.1) is 0 Å². The van der Waals surface area contributed by atoms with Gasteiger partial charge in [0.1, 0.15) is 0 Å². The van der Waals surface area contributed by atoms with Crippen molar-refractivity contribution in [2.45, 2.75) is 38.5 Å². The Kier molecular flexibility index (Phi) is 13.1. The summed E-state index contributed by atoms with van der Waals surface area (Å²) in [6, 6.07) is 35.5. The van der Waals surface area contributed by atoms with Crippen LogP contribution < -0.4 is 4.90 Å². The highest BCUT2D eigenvalue weighted by molar-refractivity contribution is 7.80. The van der Waals surface area contributed by atoms with Gasteiger partial charge in [0.2, 0.25) is 0 Å². The third-order valence-electron chi connectivity index (χ3n) is 6.99. The lowest BCUT2D eigenvalue weighted by atomic mass is 10.0. The number of carbonyl (C=O) groups excluding carboxylic acids is 2. The van der Waals surface area contributed by atoms with Gasteiger partial charge in [-0.3, -0.25) is 9.59 Å². The van der Waals surface area contributed by atoms with E-state index in [1.54, 1.807) is 0 Å². The molecule has 0 aliphatic carbocycles. The molecular weight excluding hydrogens is 575 g/mol. The van der Waals surface area contributed by atoms with E-state index in [1.165, 1.54) is 5.56 Å². The first-order valence-corrected chi connectivity index (χ1v) is 16.0. The number of ether oxygens (including phenoxy) is 2. The maximum Gasteiger partial charge on any atom is 0.306 e. The first-order valence-electron chi connectivity index (χ1n) is 14.7. The van der Waals surface area contributed by atoms with Gasteiger partial charge >= 0.3 is 11.9 Å². The molecule has 0 N–H and O–H groups in total. The zero-order chi connectivity index (χ0) is 30.3. The number of hydrogen-bond acceptors (Lipinski definition) is 7. The van der Waals surface area contributed by atoms with Gasteiger partial charge in [-0.15, -0.1) is 0 Å². The molecule has 0 aromatic heterocycles. The molecular formula is C36H39NO4S2. The van der Waals surface area contributed by atoms with Crippen LogP contribution in [0.25, 0.3) is 11.1 Å². The standard InChI is InChI=1S/C36H39NO4S2/c38-35(40-24-4-26-42)22-12-28-8-16-32(17-9-28)37(34-20-14-31(15-21-34)30-6-2-1-3-7-30)33-18-10-29(11-19-33)13-23-36(39)41-25-5-27-43/h1-3,6-11,14-21,42-43H,4-5,12-13,22-27H2. The topological polar surface area (TPSA) is 55.8 Å². The smallest absolute Gasteiger partial charge is 0.306 e. The van der Waals surface area contributed by atoms with Crippen molar-refractivity contribution < 1.29 is 19.1 Å². The van der Waals surface area contributed by atoms with Gasteiger partial charge < -0.3 is 14.4 Å². The maximum absolute atomic E-state index is 12.1. The van der Waals surface area contributed by atoms with Gasteiger partial charge in [0, 0.05) is 29.9 Å². The third kappa shape index (κ3) is 10.2. The highest BCUT2D eigenvalue weighted by atomic mass is 32.1. The van der Waals surface area contributed by atoms with Crippen molar-refractivity contribution in [1.29, 1.82) is 0 Å². The Bertz CT molecular complexity index is 1340. The van der Waals surface area contributed by atoms with Crippen molar-refractivity contribution in [3.05, 3.63) is 114 Å². The van der Waals surface area contributed by atoms with E-state index in [2.05, 4.69) is 115 Å². The normalized spacial score (nSPS) is 10.7. The van der Waals surface area contributed by atoms with Crippen LogP contribution in [0.4, 0.5) is 17.1 Å². The summed E-state index contributed by atoms with van der Waals surface area (Å²) in [6.07, 6.45) is 3.46. The first kappa shape index (κ1) is 32.2. The average molecular weight is 614 g/mol. The molecule has 0 aliphatic rings. The number of esters is 2. The molecule has 7 heteroatoms. The number of aryl methyl sites for hydroxylation is 2. The Morgan fingerprint density at radius 3 is 1.35 bits per heavy atom. The quantitative estimate of drug-likeness (QED) is 0.0755. The van der Waals surface area contributed by atoms with Gasteiger partial charge in [-0.2, -0.15) is 25.3 Å². The Morgan fingerprint density at radius 1 is 0.535 bits per heavy atom. The van der Waals surface area contributed by atoms with E-state index < -0.39 is 0 Å². The average Bonchev–Trinajstić information content (AvgIpc) is 3.05. The minimum absolute atomic E-state index is 0.183. The van der Waals surface area contributed by atoms with Gasteiger partial charge in [-0.1, -0.05) is 66.7 Å². The van der Waals surface area contributed by atoms with Crippen LogP contribution in [0.2, 0.25) is 0 Å². The number of benzene rings is 4. The van der Waals surface area contributed by atoms with Crippen LogP contribution in [0.5, 0.6) is 0 Å². The SMILES string of the molecule is O=C(CCc1ccc(N(c2ccc(CCC(=O)OCCCS)cc2)c2ccc(-c3ccccc3)cc2)cc1)OCCCS. The van der Waals surface area contributed by atoms with E-state index in [0.29, 0.717) is 50.4 Å². The predicted molar refractivity (Wildman–Crippen MR) is 182 cm³/mol. The molecule has 0 atom stereocenters. The Labute approximate surface area is 266 Å². The number of thiol groups is 2. The first-order chi connectivity index (χ1) is 21.1. The van der Waals surface area contributed by atoms with Gasteiger partial charge in [-0.05, 0) is 95.8 Å². The van der Waals surface area contributed by atoms with Crippen LogP contribution in [0.3, 0.4) is 0 Å². The molecule has 0 radical (unpaired) electrons. The summed E-state index contributed by atoms with van der Waals surface area (Å²) in [5.74, 6) is 1.04. The molecule has 43 heavy (non-hydrogen) atoms. The van der Waals surface area contributed by atoms with Crippen molar-refractivity contribution in [2.24, 2.45) is 0 Å². The molecule has 0 aliphatic heterocycles. The maximum atomic E-state index is 12.1. The molecule has 0 unspecified atom stereocenters. The lowest BCUT2D eigenvalue weighted by Crippen LogP contribution is -2.11. The summed E-state index contributed by atoms with van der Waals surface area (Å²) in [7, 11) is 0. The summed E-state index contributed by atoms with van der Waals surface area (Å²) in [5.41, 5.74) is 7.51. The number of anilines is 3. The molecule has 0 amide bonds. The molecule has 0 bridgehead atoms. The van der Waals surface area contributed by atoms with Crippen molar-refractivity contribution in [1.82, 2.24) is 0 Å². The third-order valence-corrected chi connectivity index (χ3v) is 7.62. The fraction of sp³-hybridized carbons (Fsp3) is 0.278. The summed E-state index contributed by atoms with van der Waals surface area (Å²) in [5, 5.41) is 0. The van der Waals surface area contributed by atoms with Crippen LogP contribution in [-0.2, 0) is 31.9 Å². The van der Waals surface area contributed by atoms with E-state index in [-0.39, 0.29) is 11.9 Å². The van der Waals surface area contributed by atoms with Crippen LogP contribution >= 0.6 is 25.3 Å². The lowest BCUT2D eigenvalue weighted by Gasteiger charge is -2.26. The number of nitrogens with zero attached hydrogens (tertiary/aromatic N) is 1.